The Hall–Kier alpha value is -4.08. The fourth-order valence-corrected chi connectivity index (χ4v) is 6.69. The molecule has 1 heterocycles. The van der Waals surface area contributed by atoms with E-state index in [0.29, 0.717) is 21.9 Å². The van der Waals surface area contributed by atoms with E-state index < -0.39 is 34.4 Å². The lowest BCUT2D eigenvalue weighted by molar-refractivity contribution is -0.150. The molecule has 2 N–H and O–H groups in total. The minimum absolute atomic E-state index is 0.128. The summed E-state index contributed by atoms with van der Waals surface area (Å²) in [6, 6.07) is 33.6. The smallest absolute Gasteiger partial charge is 0.334 e. The first-order chi connectivity index (χ1) is 18.4. The third-order valence-electron chi connectivity index (χ3n) is 6.80. The van der Waals surface area contributed by atoms with E-state index in [1.165, 1.54) is 5.01 Å². The van der Waals surface area contributed by atoms with Gasteiger partial charge in [-0.25, -0.2) is 13.2 Å². The number of carboxylic acid groups (broad SMARTS) is 1. The first-order valence-electron chi connectivity index (χ1n) is 12.1. The number of nitrogens with one attached hydrogen (secondary N) is 1. The molecule has 0 amide bonds. The van der Waals surface area contributed by atoms with Crippen LogP contribution in [0.15, 0.2) is 120 Å². The van der Waals surface area contributed by atoms with Gasteiger partial charge in [0, 0.05) is 10.8 Å². The molecule has 6 rings (SSSR count). The van der Waals surface area contributed by atoms with Crippen molar-refractivity contribution in [3.05, 3.63) is 126 Å². The quantitative estimate of drug-likeness (QED) is 0.288. The second kappa shape index (κ2) is 9.66. The standard InChI is InChI=1S/C30H24N2O5S/c33-30(34)27-26(20-11-3-1-4-12-20)32(29(37-27)21-13-5-2-6-14-21)31-38(35,36)28-24-17-9-7-15-22(24)19-23-16-8-10-18-25(23)28/h1-19,26-27,29,31H,(H,33,34)/t26?,27-,29?/m1/s1. The molecular weight excluding hydrogens is 500 g/mol. The van der Waals surface area contributed by atoms with Crippen LogP contribution in [-0.2, 0) is 19.6 Å². The Balaban J connectivity index is 1.54. The van der Waals surface area contributed by atoms with Crippen LogP contribution in [0.3, 0.4) is 0 Å². The van der Waals surface area contributed by atoms with Crippen molar-refractivity contribution in [2.75, 3.05) is 0 Å². The molecule has 0 spiro atoms. The number of rotatable bonds is 6. The zero-order valence-corrected chi connectivity index (χ0v) is 21.0. The molecule has 38 heavy (non-hydrogen) atoms. The maximum Gasteiger partial charge on any atom is 0.334 e. The third-order valence-corrected chi connectivity index (χ3v) is 8.23. The molecule has 0 aromatic heterocycles. The second-order valence-electron chi connectivity index (χ2n) is 9.16. The Kier molecular flexibility index (Phi) is 6.17. The van der Waals surface area contributed by atoms with E-state index >= 15 is 0 Å². The summed E-state index contributed by atoms with van der Waals surface area (Å²) in [6.07, 6.45) is -2.28. The van der Waals surface area contributed by atoms with Crippen molar-refractivity contribution in [1.82, 2.24) is 9.84 Å². The van der Waals surface area contributed by atoms with E-state index in [4.69, 9.17) is 4.74 Å². The molecule has 0 radical (unpaired) electrons. The summed E-state index contributed by atoms with van der Waals surface area (Å²) in [5.74, 6) is -1.18. The number of hydrogen-bond acceptors (Lipinski definition) is 5. The van der Waals surface area contributed by atoms with Crippen molar-refractivity contribution < 1.29 is 23.1 Å². The molecule has 5 aromatic rings. The molecule has 3 atom stereocenters. The van der Waals surface area contributed by atoms with E-state index in [1.54, 1.807) is 72.8 Å². The summed E-state index contributed by atoms with van der Waals surface area (Å²) in [4.78, 5) is 15.2. The van der Waals surface area contributed by atoms with Crippen LogP contribution < -0.4 is 4.83 Å². The molecule has 2 unspecified atom stereocenters. The first kappa shape index (κ1) is 24.3. The average Bonchev–Trinajstić information content (AvgIpc) is 3.31. The van der Waals surface area contributed by atoms with Crippen molar-refractivity contribution in [2.45, 2.75) is 23.3 Å². The van der Waals surface area contributed by atoms with Crippen molar-refractivity contribution in [2.24, 2.45) is 0 Å². The normalized spacial score (nSPS) is 20.2. The summed E-state index contributed by atoms with van der Waals surface area (Å²) >= 11 is 0. The third kappa shape index (κ3) is 4.23. The Morgan fingerprint density at radius 3 is 1.79 bits per heavy atom. The van der Waals surface area contributed by atoms with Crippen LogP contribution in [0, 0.1) is 0 Å². The molecular formula is C30H24N2O5S. The van der Waals surface area contributed by atoms with Gasteiger partial charge >= 0.3 is 5.97 Å². The number of hydrogen-bond donors (Lipinski definition) is 2. The zero-order chi connectivity index (χ0) is 26.3. The molecule has 1 aliphatic rings. The summed E-state index contributed by atoms with van der Waals surface area (Å²) in [5.41, 5.74) is 1.24. The van der Waals surface area contributed by atoms with Crippen molar-refractivity contribution in [3.63, 3.8) is 0 Å². The Labute approximate surface area is 219 Å². The summed E-state index contributed by atoms with van der Waals surface area (Å²) in [6.45, 7) is 0. The summed E-state index contributed by atoms with van der Waals surface area (Å²) in [7, 11) is -4.22. The van der Waals surface area contributed by atoms with Crippen LogP contribution >= 0.6 is 0 Å². The molecule has 0 saturated carbocycles. The predicted molar refractivity (Wildman–Crippen MR) is 144 cm³/mol. The second-order valence-corrected chi connectivity index (χ2v) is 10.8. The van der Waals surface area contributed by atoms with Crippen molar-refractivity contribution >= 4 is 37.5 Å². The lowest BCUT2D eigenvalue weighted by atomic mass is 10.0. The van der Waals surface area contributed by atoms with E-state index in [9.17, 15) is 18.3 Å². The Morgan fingerprint density at radius 2 is 1.24 bits per heavy atom. The van der Waals surface area contributed by atoms with Gasteiger partial charge in [0.1, 0.15) is 0 Å². The van der Waals surface area contributed by atoms with E-state index in [2.05, 4.69) is 4.83 Å². The molecule has 190 valence electrons. The number of benzene rings is 5. The van der Waals surface area contributed by atoms with Crippen LogP contribution in [0.25, 0.3) is 21.5 Å². The maximum absolute atomic E-state index is 14.3. The van der Waals surface area contributed by atoms with Crippen LogP contribution in [0.1, 0.15) is 23.4 Å². The van der Waals surface area contributed by atoms with Crippen LogP contribution in [0.2, 0.25) is 0 Å². The average molecular weight is 525 g/mol. The highest BCUT2D eigenvalue weighted by atomic mass is 32.2. The van der Waals surface area contributed by atoms with Gasteiger partial charge in [-0.3, -0.25) is 0 Å². The van der Waals surface area contributed by atoms with Crippen molar-refractivity contribution in [3.8, 4) is 0 Å². The highest BCUT2D eigenvalue weighted by Gasteiger charge is 2.49. The van der Waals surface area contributed by atoms with Gasteiger partial charge in [0.05, 0.1) is 10.9 Å². The first-order valence-corrected chi connectivity index (χ1v) is 13.6. The molecule has 1 fully saturated rings. The number of aliphatic carboxylic acids is 1. The number of carboxylic acids is 1. The number of nitrogens with zero attached hydrogens (tertiary/aromatic N) is 1. The lowest BCUT2D eigenvalue weighted by Crippen LogP contribution is -2.45. The van der Waals surface area contributed by atoms with E-state index in [-0.39, 0.29) is 4.90 Å². The zero-order valence-electron chi connectivity index (χ0n) is 20.1. The largest absolute Gasteiger partial charge is 0.479 e. The van der Waals surface area contributed by atoms with Gasteiger partial charge in [0.25, 0.3) is 10.0 Å². The molecule has 1 saturated heterocycles. The molecule has 7 nitrogen and oxygen atoms in total. The highest BCUT2D eigenvalue weighted by molar-refractivity contribution is 7.90. The topological polar surface area (TPSA) is 95.9 Å². The predicted octanol–water partition coefficient (Wildman–Crippen LogP) is 5.41. The van der Waals surface area contributed by atoms with Crippen LogP contribution in [-0.4, -0.2) is 30.6 Å². The van der Waals surface area contributed by atoms with Crippen molar-refractivity contribution in [1.29, 1.82) is 0 Å². The maximum atomic E-state index is 14.3. The summed E-state index contributed by atoms with van der Waals surface area (Å²) in [5, 5.41) is 14.2. The molecule has 0 bridgehead atoms. The highest BCUT2D eigenvalue weighted by Crippen LogP contribution is 2.43. The monoisotopic (exact) mass is 524 g/mol. The fourth-order valence-electron chi connectivity index (χ4n) is 5.16. The van der Waals surface area contributed by atoms with Gasteiger partial charge in [0.15, 0.2) is 12.3 Å². The number of ether oxygens (including phenoxy) is 1. The van der Waals surface area contributed by atoms with Crippen LogP contribution in [0.4, 0.5) is 0 Å². The van der Waals surface area contributed by atoms with Gasteiger partial charge in [0.2, 0.25) is 0 Å². The van der Waals surface area contributed by atoms with E-state index in [1.807, 2.05) is 42.5 Å². The SMILES string of the molecule is O=C(O)[C@@H]1OC(c2ccccc2)N(NS(=O)(=O)c2c3ccccc3cc3ccccc23)C1c1ccccc1. The number of carbonyl (C=O) groups is 1. The Morgan fingerprint density at radius 1 is 0.737 bits per heavy atom. The van der Waals surface area contributed by atoms with Crippen LogP contribution in [0.5, 0.6) is 0 Å². The van der Waals surface area contributed by atoms with Gasteiger partial charge in [-0.05, 0) is 28.0 Å². The van der Waals surface area contributed by atoms with E-state index in [0.717, 1.165) is 10.8 Å². The Bertz CT molecular complexity index is 1690. The lowest BCUT2D eigenvalue weighted by Gasteiger charge is -2.29. The number of fused-ring (bicyclic) bond motifs is 2. The van der Waals surface area contributed by atoms with Gasteiger partial charge in [-0.15, -0.1) is 4.83 Å². The van der Waals surface area contributed by atoms with Gasteiger partial charge in [-0.2, -0.15) is 5.01 Å². The summed E-state index contributed by atoms with van der Waals surface area (Å²) < 4.78 is 34.6. The minimum atomic E-state index is -4.22. The number of hydrazine groups is 1. The van der Waals surface area contributed by atoms with Gasteiger partial charge in [-0.1, -0.05) is 109 Å². The molecule has 8 heteroatoms. The molecule has 5 aromatic carbocycles. The fraction of sp³-hybridized carbons (Fsp3) is 0.100. The molecule has 0 aliphatic carbocycles. The minimum Gasteiger partial charge on any atom is -0.479 e. The molecule has 1 aliphatic heterocycles. The number of sulfonamides is 1. The van der Waals surface area contributed by atoms with Gasteiger partial charge < -0.3 is 9.84 Å².